The first-order valence-electron chi connectivity index (χ1n) is 5.78. The van der Waals surface area contributed by atoms with E-state index in [1.165, 1.54) is 25.3 Å². The van der Waals surface area contributed by atoms with Crippen molar-refractivity contribution in [2.75, 3.05) is 18.5 Å². The van der Waals surface area contributed by atoms with Gasteiger partial charge >= 0.3 is 0 Å². The van der Waals surface area contributed by atoms with Crippen molar-refractivity contribution in [3.63, 3.8) is 0 Å². The number of hydrogen-bond acceptors (Lipinski definition) is 3. The van der Waals surface area contributed by atoms with Crippen LogP contribution in [0.25, 0.3) is 0 Å². The molecule has 1 aliphatic heterocycles. The summed E-state index contributed by atoms with van der Waals surface area (Å²) < 4.78 is 13.6. The van der Waals surface area contributed by atoms with Crippen LogP contribution < -0.4 is 11.2 Å². The summed E-state index contributed by atoms with van der Waals surface area (Å²) in [6.45, 7) is 2.00. The maximum atomic E-state index is 13.6. The topological polar surface area (TPSA) is 41.3 Å². The zero-order chi connectivity index (χ0) is 12.3. The average molecular weight is 253 g/mol. The van der Waals surface area contributed by atoms with Crippen LogP contribution >= 0.6 is 12.2 Å². The van der Waals surface area contributed by atoms with E-state index in [2.05, 4.69) is 10.4 Å². The number of nitrogens with one attached hydrogen (secondary N) is 1. The van der Waals surface area contributed by atoms with E-state index >= 15 is 0 Å². The fraction of sp³-hybridized carbons (Fsp3) is 0.417. The second kappa shape index (κ2) is 5.42. The molecule has 1 aliphatic rings. The van der Waals surface area contributed by atoms with Gasteiger partial charge in [-0.3, -0.25) is 0 Å². The number of nitrogens with zero attached hydrogens (tertiary/aromatic N) is 1. The van der Waals surface area contributed by atoms with Gasteiger partial charge in [0.2, 0.25) is 0 Å². The Balaban J connectivity index is 2.06. The smallest absolute Gasteiger partial charge is 0.135 e. The van der Waals surface area contributed by atoms with Gasteiger partial charge in [-0.15, -0.1) is 0 Å². The lowest BCUT2D eigenvalue weighted by molar-refractivity contribution is 0.273. The van der Waals surface area contributed by atoms with E-state index in [-0.39, 0.29) is 10.8 Å². The normalized spacial score (nSPS) is 16.8. The molecule has 3 nitrogen and oxygen atoms in total. The highest BCUT2D eigenvalue weighted by molar-refractivity contribution is 7.80. The standard InChI is InChI=1S/C12H16FN3S/c13-11-8-9(4-5-10(11)12(14)17)15-16-6-2-1-3-7-16/h4-5,8,15H,1-3,6-7H2,(H2,14,17). The van der Waals surface area contributed by atoms with E-state index in [9.17, 15) is 4.39 Å². The molecule has 2 rings (SSSR count). The van der Waals surface area contributed by atoms with Gasteiger partial charge in [-0.05, 0) is 31.0 Å². The van der Waals surface area contributed by atoms with Crippen molar-refractivity contribution in [1.82, 2.24) is 5.01 Å². The first-order chi connectivity index (χ1) is 8.16. The van der Waals surface area contributed by atoms with E-state index in [0.717, 1.165) is 18.8 Å². The largest absolute Gasteiger partial charge is 0.389 e. The second-order valence-corrected chi connectivity index (χ2v) is 4.66. The fourth-order valence-electron chi connectivity index (χ4n) is 1.97. The summed E-state index contributed by atoms with van der Waals surface area (Å²) >= 11 is 4.76. The van der Waals surface area contributed by atoms with Crippen LogP contribution in [0.2, 0.25) is 0 Å². The number of hydrogen-bond donors (Lipinski definition) is 2. The third-order valence-electron chi connectivity index (χ3n) is 2.88. The van der Waals surface area contributed by atoms with Gasteiger partial charge in [0.25, 0.3) is 0 Å². The Hall–Kier alpha value is -1.20. The third kappa shape index (κ3) is 3.14. The highest BCUT2D eigenvalue weighted by Gasteiger charge is 2.11. The summed E-state index contributed by atoms with van der Waals surface area (Å²) in [6, 6.07) is 4.85. The zero-order valence-electron chi connectivity index (χ0n) is 9.58. The molecule has 17 heavy (non-hydrogen) atoms. The summed E-state index contributed by atoms with van der Waals surface area (Å²) in [7, 11) is 0. The number of benzene rings is 1. The minimum Gasteiger partial charge on any atom is -0.389 e. The van der Waals surface area contributed by atoms with Gasteiger partial charge in [-0.25, -0.2) is 9.40 Å². The maximum Gasteiger partial charge on any atom is 0.135 e. The molecule has 1 heterocycles. The number of rotatable bonds is 3. The van der Waals surface area contributed by atoms with Crippen LogP contribution in [-0.4, -0.2) is 23.1 Å². The molecule has 1 fully saturated rings. The molecular formula is C12H16FN3S. The van der Waals surface area contributed by atoms with E-state index in [1.54, 1.807) is 12.1 Å². The molecule has 1 aromatic carbocycles. The quantitative estimate of drug-likeness (QED) is 0.811. The number of piperidine rings is 1. The van der Waals surface area contributed by atoms with Gasteiger partial charge < -0.3 is 11.2 Å². The van der Waals surface area contributed by atoms with Gasteiger partial charge in [0.1, 0.15) is 10.8 Å². The molecule has 0 atom stereocenters. The van der Waals surface area contributed by atoms with Gasteiger partial charge in [0, 0.05) is 18.7 Å². The molecule has 0 radical (unpaired) electrons. The Morgan fingerprint density at radius 1 is 1.29 bits per heavy atom. The van der Waals surface area contributed by atoms with Crippen LogP contribution in [0.5, 0.6) is 0 Å². The zero-order valence-corrected chi connectivity index (χ0v) is 10.4. The highest BCUT2D eigenvalue weighted by atomic mass is 32.1. The monoisotopic (exact) mass is 253 g/mol. The molecule has 0 unspecified atom stereocenters. The van der Waals surface area contributed by atoms with E-state index in [0.29, 0.717) is 5.56 Å². The molecule has 1 saturated heterocycles. The predicted molar refractivity (Wildman–Crippen MR) is 71.3 cm³/mol. The Kier molecular flexibility index (Phi) is 3.91. The molecule has 0 bridgehead atoms. The Bertz CT molecular complexity index is 416. The lowest BCUT2D eigenvalue weighted by atomic mass is 10.1. The van der Waals surface area contributed by atoms with Gasteiger partial charge in [0.15, 0.2) is 0 Å². The highest BCUT2D eigenvalue weighted by Crippen LogP contribution is 2.17. The van der Waals surface area contributed by atoms with Gasteiger partial charge in [-0.2, -0.15) is 0 Å². The minimum absolute atomic E-state index is 0.0898. The second-order valence-electron chi connectivity index (χ2n) is 4.22. The molecule has 0 amide bonds. The molecular weight excluding hydrogens is 237 g/mol. The minimum atomic E-state index is -0.375. The van der Waals surface area contributed by atoms with Crippen molar-refractivity contribution < 1.29 is 4.39 Å². The fourth-order valence-corrected chi connectivity index (χ4v) is 2.14. The molecule has 3 N–H and O–H groups in total. The number of nitrogens with two attached hydrogens (primary N) is 1. The summed E-state index contributed by atoms with van der Waals surface area (Å²) in [5.74, 6) is -0.375. The molecule has 92 valence electrons. The molecule has 0 aromatic heterocycles. The van der Waals surface area contributed by atoms with Gasteiger partial charge in [-0.1, -0.05) is 18.6 Å². The van der Waals surface area contributed by atoms with Crippen LogP contribution in [0.15, 0.2) is 18.2 Å². The summed E-state index contributed by atoms with van der Waals surface area (Å²) in [5.41, 5.74) is 9.64. The maximum absolute atomic E-state index is 13.6. The number of anilines is 1. The first-order valence-corrected chi connectivity index (χ1v) is 6.18. The summed E-state index contributed by atoms with van der Waals surface area (Å²) in [4.78, 5) is 0.0898. The van der Waals surface area contributed by atoms with Crippen molar-refractivity contribution in [3.8, 4) is 0 Å². The van der Waals surface area contributed by atoms with Gasteiger partial charge in [0.05, 0.1) is 5.69 Å². The SMILES string of the molecule is NC(=S)c1ccc(NN2CCCCC2)cc1F. The summed E-state index contributed by atoms with van der Waals surface area (Å²) in [6.07, 6.45) is 3.63. The van der Waals surface area contributed by atoms with Crippen molar-refractivity contribution in [1.29, 1.82) is 0 Å². The first kappa shape index (κ1) is 12.3. The van der Waals surface area contributed by atoms with Crippen LogP contribution in [0.1, 0.15) is 24.8 Å². The number of hydrazine groups is 1. The van der Waals surface area contributed by atoms with Crippen molar-refractivity contribution in [2.24, 2.45) is 5.73 Å². The van der Waals surface area contributed by atoms with Crippen LogP contribution in [0, 0.1) is 5.82 Å². The number of halogens is 1. The summed E-state index contributed by atoms with van der Waals surface area (Å²) in [5, 5.41) is 2.11. The Morgan fingerprint density at radius 2 is 2.00 bits per heavy atom. The number of thiocarbonyl (C=S) groups is 1. The van der Waals surface area contributed by atoms with E-state index in [4.69, 9.17) is 18.0 Å². The molecule has 1 aromatic rings. The van der Waals surface area contributed by atoms with Crippen LogP contribution in [0.3, 0.4) is 0 Å². The molecule has 0 saturated carbocycles. The van der Waals surface area contributed by atoms with Crippen molar-refractivity contribution >= 4 is 22.9 Å². The van der Waals surface area contributed by atoms with Crippen molar-refractivity contribution in [3.05, 3.63) is 29.6 Å². The van der Waals surface area contributed by atoms with Crippen molar-refractivity contribution in [2.45, 2.75) is 19.3 Å². The third-order valence-corrected chi connectivity index (χ3v) is 3.10. The van der Waals surface area contributed by atoms with E-state index < -0.39 is 0 Å². The Morgan fingerprint density at radius 3 is 2.59 bits per heavy atom. The van der Waals surface area contributed by atoms with Crippen LogP contribution in [-0.2, 0) is 0 Å². The molecule has 5 heteroatoms. The Labute approximate surface area is 106 Å². The molecule has 0 aliphatic carbocycles. The van der Waals surface area contributed by atoms with Crippen LogP contribution in [0.4, 0.5) is 10.1 Å². The molecule has 0 spiro atoms. The predicted octanol–water partition coefficient (Wildman–Crippen LogP) is 2.27. The lowest BCUT2D eigenvalue weighted by Crippen LogP contribution is -2.34. The lowest BCUT2D eigenvalue weighted by Gasteiger charge is -2.27. The average Bonchev–Trinajstić information content (AvgIpc) is 2.30. The van der Waals surface area contributed by atoms with E-state index in [1.807, 2.05) is 0 Å².